The van der Waals surface area contributed by atoms with Gasteiger partial charge >= 0.3 is 12.0 Å². The van der Waals surface area contributed by atoms with Gasteiger partial charge in [-0.2, -0.15) is 0 Å². The van der Waals surface area contributed by atoms with Gasteiger partial charge in [-0.25, -0.2) is 9.59 Å². The molecule has 0 radical (unpaired) electrons. The maximum atomic E-state index is 12.1. The summed E-state index contributed by atoms with van der Waals surface area (Å²) in [5.41, 5.74) is 0.932. The van der Waals surface area contributed by atoms with E-state index in [0.29, 0.717) is 42.5 Å². The van der Waals surface area contributed by atoms with Crippen molar-refractivity contribution in [3.63, 3.8) is 0 Å². The summed E-state index contributed by atoms with van der Waals surface area (Å²) in [6, 6.07) is 6.64. The molecule has 0 spiro atoms. The van der Waals surface area contributed by atoms with Crippen LogP contribution in [0, 0.1) is 0 Å². The first-order valence-corrected chi connectivity index (χ1v) is 8.51. The Hall–Kier alpha value is -2.74. The van der Waals surface area contributed by atoms with Gasteiger partial charge in [0, 0.05) is 18.8 Å². The summed E-state index contributed by atoms with van der Waals surface area (Å²) >= 11 is 0. The van der Waals surface area contributed by atoms with Crippen molar-refractivity contribution in [1.82, 2.24) is 16.0 Å². The zero-order valence-electron chi connectivity index (χ0n) is 15.3. The highest BCUT2D eigenvalue weighted by atomic mass is 16.5. The maximum absolute atomic E-state index is 12.1. The van der Waals surface area contributed by atoms with Gasteiger partial charge in [0.05, 0.1) is 25.3 Å². The summed E-state index contributed by atoms with van der Waals surface area (Å²) in [4.78, 5) is 23.8. The van der Waals surface area contributed by atoms with Crippen LogP contribution in [0.2, 0.25) is 0 Å². The Balaban J connectivity index is 1.90. The van der Waals surface area contributed by atoms with Crippen LogP contribution >= 0.6 is 0 Å². The Morgan fingerprint density at radius 1 is 1.27 bits per heavy atom. The molecule has 1 heterocycles. The summed E-state index contributed by atoms with van der Waals surface area (Å²) in [6.45, 7) is 5.01. The number of amides is 2. The largest absolute Gasteiger partial charge is 0.493 e. The van der Waals surface area contributed by atoms with E-state index in [-0.39, 0.29) is 12.6 Å². The van der Waals surface area contributed by atoms with Crippen LogP contribution in [0.1, 0.15) is 13.8 Å². The summed E-state index contributed by atoms with van der Waals surface area (Å²) < 4.78 is 16.0. The molecule has 1 aromatic carbocycles. The molecule has 2 amide bonds. The minimum absolute atomic E-state index is 0.274. The van der Waals surface area contributed by atoms with Gasteiger partial charge in [0.25, 0.3) is 0 Å². The molecule has 0 saturated carbocycles. The normalized spacial score (nSPS) is 16.6. The quantitative estimate of drug-likeness (QED) is 0.450. The molecule has 1 aliphatic rings. The van der Waals surface area contributed by atoms with E-state index in [9.17, 15) is 9.59 Å². The molecule has 1 aliphatic heterocycles. The number of methoxy groups -OCH3 is 1. The van der Waals surface area contributed by atoms with Crippen LogP contribution < -0.4 is 25.4 Å². The number of urea groups is 1. The second-order valence-corrected chi connectivity index (χ2v) is 5.61. The molecule has 0 saturated heterocycles. The Kier molecular flexibility index (Phi) is 7.28. The van der Waals surface area contributed by atoms with E-state index in [1.165, 1.54) is 0 Å². The third-order valence-electron chi connectivity index (χ3n) is 3.77. The topological polar surface area (TPSA) is 97.9 Å². The minimum Gasteiger partial charge on any atom is -0.493 e. The molecule has 0 unspecified atom stereocenters. The van der Waals surface area contributed by atoms with Crippen molar-refractivity contribution in [1.29, 1.82) is 0 Å². The van der Waals surface area contributed by atoms with E-state index in [2.05, 4.69) is 16.0 Å². The van der Waals surface area contributed by atoms with Crippen molar-refractivity contribution in [2.45, 2.75) is 19.9 Å². The summed E-state index contributed by atoms with van der Waals surface area (Å²) in [6.07, 6.45) is 0. The molecule has 142 valence electrons. The smallest absolute Gasteiger partial charge is 0.337 e. The van der Waals surface area contributed by atoms with Gasteiger partial charge in [-0.15, -0.1) is 0 Å². The molecular weight excluding hydrogens is 338 g/mol. The van der Waals surface area contributed by atoms with Crippen LogP contribution in [-0.4, -0.2) is 51.5 Å². The van der Waals surface area contributed by atoms with Gasteiger partial charge in [-0.1, -0.05) is 12.1 Å². The molecule has 0 aliphatic carbocycles. The van der Waals surface area contributed by atoms with Crippen molar-refractivity contribution in [2.24, 2.45) is 0 Å². The Labute approximate surface area is 152 Å². The second kappa shape index (κ2) is 9.67. The fourth-order valence-corrected chi connectivity index (χ4v) is 2.60. The average molecular weight is 363 g/mol. The maximum Gasteiger partial charge on any atom is 0.337 e. The third-order valence-corrected chi connectivity index (χ3v) is 3.77. The van der Waals surface area contributed by atoms with E-state index >= 15 is 0 Å². The number of hydrogen-bond donors (Lipinski definition) is 3. The molecule has 26 heavy (non-hydrogen) atoms. The number of carbonyl (C=O) groups is 2. The van der Waals surface area contributed by atoms with Crippen LogP contribution in [0.25, 0.3) is 0 Å². The van der Waals surface area contributed by atoms with Crippen LogP contribution in [-0.2, 0) is 9.53 Å². The summed E-state index contributed by atoms with van der Waals surface area (Å²) in [5.74, 6) is 0.890. The molecule has 3 N–H and O–H groups in total. The van der Waals surface area contributed by atoms with Crippen molar-refractivity contribution in [3.05, 3.63) is 35.5 Å². The number of esters is 1. The highest BCUT2D eigenvalue weighted by molar-refractivity contribution is 5.94. The lowest BCUT2D eigenvalue weighted by Gasteiger charge is -2.26. The second-order valence-electron chi connectivity index (χ2n) is 5.61. The predicted molar refractivity (Wildman–Crippen MR) is 96.1 cm³/mol. The minimum atomic E-state index is -0.436. The Morgan fingerprint density at radius 3 is 2.69 bits per heavy atom. The highest BCUT2D eigenvalue weighted by Crippen LogP contribution is 2.25. The molecule has 0 fully saturated rings. The van der Waals surface area contributed by atoms with Crippen LogP contribution in [0.3, 0.4) is 0 Å². The average Bonchev–Trinajstić information content (AvgIpc) is 2.61. The van der Waals surface area contributed by atoms with Crippen LogP contribution in [0.5, 0.6) is 11.5 Å². The molecule has 8 nitrogen and oxygen atoms in total. The number of carbonyl (C=O) groups excluding carboxylic acids is 2. The standard InChI is InChI=1S/C18H25N3O5/c1-4-25-17(22)16-12(2)20-18(23)21-13(16)11-19-9-10-26-15-8-6-5-7-14(15)24-3/h5-8,12,19H,4,9-11H2,1-3H3,(H2,20,21,23)/t12-/m1/s1. The third kappa shape index (κ3) is 5.13. The molecule has 0 bridgehead atoms. The molecule has 2 rings (SSSR count). The van der Waals surface area contributed by atoms with E-state index in [0.717, 1.165) is 0 Å². The summed E-state index contributed by atoms with van der Waals surface area (Å²) in [5, 5.41) is 8.48. The fourth-order valence-electron chi connectivity index (χ4n) is 2.60. The first-order chi connectivity index (χ1) is 12.6. The van der Waals surface area contributed by atoms with Gasteiger partial charge < -0.3 is 30.2 Å². The SMILES string of the molecule is CCOC(=O)C1=C(CNCCOc2ccccc2OC)NC(=O)N[C@@H]1C. The van der Waals surface area contributed by atoms with Crippen LogP contribution in [0.4, 0.5) is 4.79 Å². The molecule has 1 aromatic rings. The van der Waals surface area contributed by atoms with E-state index in [1.807, 2.05) is 24.3 Å². The van der Waals surface area contributed by atoms with Crippen molar-refractivity contribution in [2.75, 3.05) is 33.4 Å². The van der Waals surface area contributed by atoms with Crippen molar-refractivity contribution < 1.29 is 23.8 Å². The van der Waals surface area contributed by atoms with Gasteiger partial charge in [0.15, 0.2) is 11.5 Å². The van der Waals surface area contributed by atoms with E-state index in [4.69, 9.17) is 14.2 Å². The number of ether oxygens (including phenoxy) is 3. The van der Waals surface area contributed by atoms with Gasteiger partial charge in [-0.05, 0) is 26.0 Å². The first-order valence-electron chi connectivity index (χ1n) is 8.51. The van der Waals surface area contributed by atoms with Crippen molar-refractivity contribution in [3.8, 4) is 11.5 Å². The fraction of sp³-hybridized carbons (Fsp3) is 0.444. The lowest BCUT2D eigenvalue weighted by Crippen LogP contribution is -2.51. The van der Waals surface area contributed by atoms with Gasteiger partial charge in [-0.3, -0.25) is 0 Å². The van der Waals surface area contributed by atoms with E-state index < -0.39 is 12.0 Å². The monoisotopic (exact) mass is 363 g/mol. The molecular formula is C18H25N3O5. The number of benzene rings is 1. The van der Waals surface area contributed by atoms with Crippen LogP contribution in [0.15, 0.2) is 35.5 Å². The Bertz CT molecular complexity index is 675. The molecule has 8 heteroatoms. The number of hydrogen-bond acceptors (Lipinski definition) is 6. The number of rotatable bonds is 9. The zero-order chi connectivity index (χ0) is 18.9. The summed E-state index contributed by atoms with van der Waals surface area (Å²) in [7, 11) is 1.59. The molecule has 0 aromatic heterocycles. The lowest BCUT2D eigenvalue weighted by atomic mass is 10.0. The van der Waals surface area contributed by atoms with Gasteiger partial charge in [0.2, 0.25) is 0 Å². The number of nitrogens with one attached hydrogen (secondary N) is 3. The van der Waals surface area contributed by atoms with Crippen molar-refractivity contribution >= 4 is 12.0 Å². The lowest BCUT2D eigenvalue weighted by molar-refractivity contribution is -0.139. The van der Waals surface area contributed by atoms with E-state index in [1.54, 1.807) is 21.0 Å². The molecule has 1 atom stereocenters. The highest BCUT2D eigenvalue weighted by Gasteiger charge is 2.29. The van der Waals surface area contributed by atoms with Gasteiger partial charge in [0.1, 0.15) is 6.61 Å². The first kappa shape index (κ1) is 19.6. The zero-order valence-corrected chi connectivity index (χ0v) is 15.3. The predicted octanol–water partition coefficient (Wildman–Crippen LogP) is 1.18. The number of para-hydroxylation sites is 2. The Morgan fingerprint density at radius 2 is 2.00 bits per heavy atom.